The average Bonchev–Trinajstić information content (AvgIpc) is 3.05. The molecule has 0 saturated carbocycles. The molecule has 1 N–H and O–H groups in total. The van der Waals surface area contributed by atoms with Gasteiger partial charge in [-0.3, -0.25) is 4.79 Å². The van der Waals surface area contributed by atoms with E-state index in [4.69, 9.17) is 9.26 Å². The molecule has 1 heterocycles. The van der Waals surface area contributed by atoms with Crippen LogP contribution in [0.25, 0.3) is 0 Å². The molecule has 0 spiro atoms. The van der Waals surface area contributed by atoms with Gasteiger partial charge in [-0.1, -0.05) is 30.3 Å². The number of carbonyl (C=O) groups is 1. The number of halogens is 2. The Kier molecular flexibility index (Phi) is 4.51. The number of rotatable bonds is 5. The highest BCUT2D eigenvalue weighted by molar-refractivity contribution is 6.02. The molecule has 3 rings (SSSR count). The molecule has 0 saturated heterocycles. The summed E-state index contributed by atoms with van der Waals surface area (Å²) in [5.41, 5.74) is 0.768. The largest absolute Gasteiger partial charge is 0.471 e. The number of hydrogen-bond donors (Lipinski definition) is 1. The number of nitrogens with one attached hydrogen (secondary N) is 1. The van der Waals surface area contributed by atoms with Crippen LogP contribution in [-0.2, 0) is 6.61 Å². The number of hydrogen-bond acceptors (Lipinski definition) is 4. The van der Waals surface area contributed by atoms with Crippen molar-refractivity contribution in [2.24, 2.45) is 0 Å². The first-order valence-electron chi connectivity index (χ1n) is 7.01. The molecule has 0 radical (unpaired) electrons. The van der Waals surface area contributed by atoms with E-state index in [1.54, 1.807) is 0 Å². The first kappa shape index (κ1) is 15.7. The van der Waals surface area contributed by atoms with E-state index in [1.807, 2.05) is 30.3 Å². The topological polar surface area (TPSA) is 64.4 Å². The third-order valence-electron chi connectivity index (χ3n) is 3.12. The minimum Gasteiger partial charge on any atom is -0.471 e. The Balaban J connectivity index is 1.63. The summed E-state index contributed by atoms with van der Waals surface area (Å²) >= 11 is 0. The molecule has 0 aliphatic rings. The summed E-state index contributed by atoms with van der Waals surface area (Å²) in [5.74, 6) is -2.36. The first-order valence-corrected chi connectivity index (χ1v) is 7.01. The highest BCUT2D eigenvalue weighted by atomic mass is 19.1. The molecule has 3 aromatic rings. The minimum absolute atomic E-state index is 0.128. The van der Waals surface area contributed by atoms with Gasteiger partial charge in [-0.25, -0.2) is 8.78 Å². The van der Waals surface area contributed by atoms with Crippen LogP contribution in [0.4, 0.5) is 14.5 Å². The Hall–Kier alpha value is -3.22. The lowest BCUT2D eigenvalue weighted by Gasteiger charge is -2.03. The molecule has 7 heteroatoms. The quantitative estimate of drug-likeness (QED) is 0.773. The van der Waals surface area contributed by atoms with Crippen LogP contribution in [0.15, 0.2) is 59.1 Å². The number of carbonyl (C=O) groups excluding carboxylic acids is 1. The fraction of sp³-hybridized carbons (Fsp3) is 0.0588. The predicted molar refractivity (Wildman–Crippen MR) is 81.6 cm³/mol. The normalized spacial score (nSPS) is 10.4. The molecule has 0 unspecified atom stereocenters. The molecule has 0 fully saturated rings. The molecular formula is C17H12F2N2O3. The van der Waals surface area contributed by atoms with Crippen molar-refractivity contribution in [2.75, 3.05) is 5.32 Å². The van der Waals surface area contributed by atoms with Crippen molar-refractivity contribution in [1.82, 2.24) is 5.16 Å². The molecule has 5 nitrogen and oxygen atoms in total. The van der Waals surface area contributed by atoms with Crippen molar-refractivity contribution in [1.29, 1.82) is 0 Å². The van der Waals surface area contributed by atoms with Gasteiger partial charge in [0.25, 0.3) is 11.8 Å². The van der Waals surface area contributed by atoms with Gasteiger partial charge in [0.15, 0.2) is 0 Å². The average molecular weight is 330 g/mol. The number of nitrogens with zero attached hydrogens (tertiary/aromatic N) is 1. The lowest BCUT2D eigenvalue weighted by molar-refractivity contribution is 0.0987. The van der Waals surface area contributed by atoms with Crippen molar-refractivity contribution < 1.29 is 22.8 Å². The van der Waals surface area contributed by atoms with Crippen molar-refractivity contribution in [3.63, 3.8) is 0 Å². The fourth-order valence-corrected chi connectivity index (χ4v) is 1.94. The molecule has 0 bridgehead atoms. The second kappa shape index (κ2) is 6.91. The van der Waals surface area contributed by atoms with E-state index in [-0.39, 0.29) is 23.9 Å². The van der Waals surface area contributed by atoms with Crippen LogP contribution in [0.3, 0.4) is 0 Å². The number of anilines is 1. The zero-order valence-corrected chi connectivity index (χ0v) is 12.3. The highest BCUT2D eigenvalue weighted by Crippen LogP contribution is 2.18. The van der Waals surface area contributed by atoms with Gasteiger partial charge < -0.3 is 14.6 Å². The Morgan fingerprint density at radius 3 is 2.67 bits per heavy atom. The van der Waals surface area contributed by atoms with E-state index in [0.717, 1.165) is 17.7 Å². The third-order valence-corrected chi connectivity index (χ3v) is 3.12. The Labute approximate surface area is 135 Å². The molecule has 0 aliphatic carbocycles. The molecule has 0 aliphatic heterocycles. The first-order chi connectivity index (χ1) is 11.6. The minimum atomic E-state index is -0.886. The third kappa shape index (κ3) is 3.75. The van der Waals surface area contributed by atoms with E-state index < -0.39 is 17.5 Å². The molecule has 122 valence electrons. The van der Waals surface area contributed by atoms with Crippen LogP contribution < -0.4 is 10.1 Å². The summed E-state index contributed by atoms with van der Waals surface area (Å²) in [6.07, 6.45) is 0. The summed E-state index contributed by atoms with van der Waals surface area (Å²) in [4.78, 5) is 12.0. The van der Waals surface area contributed by atoms with Gasteiger partial charge in [0.1, 0.15) is 18.2 Å². The van der Waals surface area contributed by atoms with E-state index in [9.17, 15) is 13.6 Å². The lowest BCUT2D eigenvalue weighted by atomic mass is 10.2. The summed E-state index contributed by atoms with van der Waals surface area (Å²) in [6, 6.07) is 13.5. The van der Waals surface area contributed by atoms with E-state index >= 15 is 0 Å². The molecule has 1 amide bonds. The zero-order chi connectivity index (χ0) is 16.9. The van der Waals surface area contributed by atoms with Gasteiger partial charge in [0.05, 0.1) is 11.8 Å². The van der Waals surface area contributed by atoms with Gasteiger partial charge in [-0.05, 0) is 22.9 Å². The summed E-state index contributed by atoms with van der Waals surface area (Å²) in [7, 11) is 0. The molecule has 24 heavy (non-hydrogen) atoms. The van der Waals surface area contributed by atoms with Crippen LogP contribution in [0.5, 0.6) is 5.88 Å². The van der Waals surface area contributed by atoms with Gasteiger partial charge in [0, 0.05) is 6.07 Å². The van der Waals surface area contributed by atoms with Gasteiger partial charge in [-0.15, -0.1) is 0 Å². The number of amides is 1. The maximum Gasteiger partial charge on any atom is 0.294 e. The number of benzene rings is 2. The van der Waals surface area contributed by atoms with E-state index in [2.05, 4.69) is 10.5 Å². The molecule has 1 aromatic heterocycles. The monoisotopic (exact) mass is 330 g/mol. The van der Waals surface area contributed by atoms with Gasteiger partial charge in [0.2, 0.25) is 5.76 Å². The van der Waals surface area contributed by atoms with Gasteiger partial charge in [-0.2, -0.15) is 0 Å². The van der Waals surface area contributed by atoms with E-state index in [1.165, 1.54) is 6.07 Å². The molecule has 2 aromatic carbocycles. The molecule has 0 atom stereocenters. The summed E-state index contributed by atoms with van der Waals surface area (Å²) in [6.45, 7) is 0.265. The smallest absolute Gasteiger partial charge is 0.294 e. The van der Waals surface area contributed by atoms with Crippen molar-refractivity contribution in [2.45, 2.75) is 6.61 Å². The summed E-state index contributed by atoms with van der Waals surface area (Å²) < 4.78 is 36.6. The van der Waals surface area contributed by atoms with Crippen molar-refractivity contribution in [3.8, 4) is 5.88 Å². The van der Waals surface area contributed by atoms with Crippen LogP contribution >= 0.6 is 0 Å². The maximum absolute atomic E-state index is 13.5. The maximum atomic E-state index is 13.5. The van der Waals surface area contributed by atoms with Crippen molar-refractivity contribution in [3.05, 3.63) is 77.6 Å². The Bertz CT molecular complexity index is 850. The highest BCUT2D eigenvalue weighted by Gasteiger charge is 2.16. The lowest BCUT2D eigenvalue weighted by Crippen LogP contribution is -2.12. The number of ether oxygens (including phenoxy) is 1. The fourth-order valence-electron chi connectivity index (χ4n) is 1.94. The van der Waals surface area contributed by atoms with Crippen LogP contribution in [0.2, 0.25) is 0 Å². The van der Waals surface area contributed by atoms with Crippen LogP contribution in [-0.4, -0.2) is 11.1 Å². The molecular weight excluding hydrogens is 318 g/mol. The van der Waals surface area contributed by atoms with Crippen molar-refractivity contribution >= 4 is 11.6 Å². The van der Waals surface area contributed by atoms with Crippen LogP contribution in [0.1, 0.15) is 16.1 Å². The Morgan fingerprint density at radius 2 is 1.92 bits per heavy atom. The Morgan fingerprint density at radius 1 is 1.12 bits per heavy atom. The SMILES string of the molecule is O=C(Nc1ccc(F)cc1F)c1cc(OCc2ccccc2)no1. The number of aromatic nitrogens is 1. The van der Waals surface area contributed by atoms with E-state index in [0.29, 0.717) is 6.07 Å². The predicted octanol–water partition coefficient (Wildman–Crippen LogP) is 3.78. The zero-order valence-electron chi connectivity index (χ0n) is 12.3. The second-order valence-electron chi connectivity index (χ2n) is 4.88. The standard InChI is InChI=1S/C17H12F2N2O3/c18-12-6-7-14(13(19)8-12)20-17(22)15-9-16(21-24-15)23-10-11-4-2-1-3-5-11/h1-9H,10H2,(H,20,22). The summed E-state index contributed by atoms with van der Waals surface area (Å²) in [5, 5.41) is 5.89. The van der Waals surface area contributed by atoms with Crippen LogP contribution in [0, 0.1) is 11.6 Å². The second-order valence-corrected chi connectivity index (χ2v) is 4.88. The van der Waals surface area contributed by atoms with Gasteiger partial charge >= 0.3 is 0 Å².